The van der Waals surface area contributed by atoms with Crippen LogP contribution in [0.15, 0.2) is 28.8 Å². The number of aromatic nitrogens is 3. The van der Waals surface area contributed by atoms with Gasteiger partial charge in [0.15, 0.2) is 5.15 Å². The largest absolute Gasteiger partial charge is 0.368 e. The average molecular weight is 249 g/mol. The van der Waals surface area contributed by atoms with Gasteiger partial charge < -0.3 is 10.3 Å². The second-order valence-corrected chi connectivity index (χ2v) is 4.09. The van der Waals surface area contributed by atoms with E-state index in [4.69, 9.17) is 21.9 Å². The van der Waals surface area contributed by atoms with E-state index >= 15 is 0 Å². The van der Waals surface area contributed by atoms with Gasteiger partial charge in [0, 0.05) is 24.1 Å². The summed E-state index contributed by atoms with van der Waals surface area (Å²) in [5.74, 6) is 0.283. The van der Waals surface area contributed by atoms with Gasteiger partial charge in [0.05, 0.1) is 5.52 Å². The van der Waals surface area contributed by atoms with Gasteiger partial charge in [0.2, 0.25) is 5.88 Å². The number of para-hydroxylation sites is 1. The number of hydrogen-bond donors (Lipinski definition) is 1. The lowest BCUT2D eigenvalue weighted by atomic mass is 10.1. The molecule has 0 aliphatic rings. The summed E-state index contributed by atoms with van der Waals surface area (Å²) in [6, 6.07) is 7.42. The normalized spacial score (nSPS) is 11.2. The molecular weight excluding hydrogens is 240 g/mol. The molecule has 0 atom stereocenters. The Morgan fingerprint density at radius 3 is 2.94 bits per heavy atom. The summed E-state index contributed by atoms with van der Waals surface area (Å²) in [6.07, 6.45) is 0. The molecule has 0 aliphatic heterocycles. The number of nitrogens with zero attached hydrogens (tertiary/aromatic N) is 3. The second-order valence-electron chi connectivity index (χ2n) is 3.73. The molecule has 0 radical (unpaired) electrons. The topological polar surface area (TPSA) is 69.9 Å². The predicted octanol–water partition coefficient (Wildman–Crippen LogP) is 2.46. The van der Waals surface area contributed by atoms with Crippen LogP contribution in [-0.4, -0.2) is 14.9 Å². The van der Waals surface area contributed by atoms with Gasteiger partial charge in [-0.2, -0.15) is 5.10 Å². The molecule has 0 bridgehead atoms. The highest BCUT2D eigenvalue weighted by atomic mass is 35.5. The quantitative estimate of drug-likeness (QED) is 0.718. The highest BCUT2D eigenvalue weighted by Crippen LogP contribution is 2.31. The Morgan fingerprint density at radius 1 is 1.41 bits per heavy atom. The molecule has 2 N–H and O–H groups in total. The molecule has 86 valence electrons. The fourth-order valence-corrected chi connectivity index (χ4v) is 2.18. The molecule has 1 aromatic carbocycles. The Hall–Kier alpha value is -2.01. The number of nitrogens with two attached hydrogens (primary N) is 1. The van der Waals surface area contributed by atoms with Crippen molar-refractivity contribution in [2.45, 2.75) is 0 Å². The lowest BCUT2D eigenvalue weighted by molar-refractivity contribution is 0.439. The predicted molar refractivity (Wildman–Crippen MR) is 65.6 cm³/mol. The summed E-state index contributed by atoms with van der Waals surface area (Å²) >= 11 is 6.04. The van der Waals surface area contributed by atoms with Crippen LogP contribution in [0.25, 0.3) is 22.2 Å². The molecule has 0 fully saturated rings. The minimum atomic E-state index is 0.283. The third-order valence-corrected chi connectivity index (χ3v) is 2.90. The van der Waals surface area contributed by atoms with Gasteiger partial charge in [-0.3, -0.25) is 4.68 Å². The van der Waals surface area contributed by atoms with Gasteiger partial charge >= 0.3 is 0 Å². The van der Waals surface area contributed by atoms with Crippen molar-refractivity contribution in [1.29, 1.82) is 0 Å². The fraction of sp³-hybridized carbons (Fsp3) is 0.0909. The van der Waals surface area contributed by atoms with E-state index in [-0.39, 0.29) is 5.88 Å². The van der Waals surface area contributed by atoms with E-state index in [1.165, 1.54) is 0 Å². The fourth-order valence-electron chi connectivity index (χ4n) is 1.92. The van der Waals surface area contributed by atoms with Crippen molar-refractivity contribution in [2.24, 2.45) is 7.05 Å². The van der Waals surface area contributed by atoms with Crippen LogP contribution in [0.5, 0.6) is 0 Å². The molecule has 17 heavy (non-hydrogen) atoms. The summed E-state index contributed by atoms with van der Waals surface area (Å²) in [4.78, 5) is 0. The second kappa shape index (κ2) is 3.49. The standard InChI is InChI=1S/C11H9ClN4O/c1-16-10-6(8-5-9(13)17-15-8)3-2-4-7(10)11(12)14-16/h2-5H,13H2,1H3. The molecule has 0 aliphatic carbocycles. The zero-order valence-corrected chi connectivity index (χ0v) is 9.77. The minimum Gasteiger partial charge on any atom is -0.368 e. The van der Waals surface area contributed by atoms with Crippen molar-refractivity contribution >= 4 is 28.4 Å². The first-order valence-corrected chi connectivity index (χ1v) is 5.38. The summed E-state index contributed by atoms with van der Waals surface area (Å²) in [7, 11) is 1.83. The number of nitrogen functional groups attached to an aromatic ring is 1. The Balaban J connectivity index is 2.37. The molecule has 3 aromatic rings. The highest BCUT2D eigenvalue weighted by Gasteiger charge is 2.14. The van der Waals surface area contributed by atoms with Crippen LogP contribution >= 0.6 is 11.6 Å². The van der Waals surface area contributed by atoms with Crippen molar-refractivity contribution in [3.05, 3.63) is 29.4 Å². The van der Waals surface area contributed by atoms with Crippen LogP contribution < -0.4 is 5.73 Å². The van der Waals surface area contributed by atoms with E-state index in [1.807, 2.05) is 25.2 Å². The molecule has 0 unspecified atom stereocenters. The van der Waals surface area contributed by atoms with E-state index in [2.05, 4.69) is 10.3 Å². The highest BCUT2D eigenvalue weighted by molar-refractivity contribution is 6.34. The van der Waals surface area contributed by atoms with Crippen LogP contribution in [0.2, 0.25) is 5.15 Å². The van der Waals surface area contributed by atoms with Crippen LogP contribution in [0.4, 0.5) is 5.88 Å². The number of aryl methyl sites for hydroxylation is 1. The molecule has 6 heteroatoms. The molecule has 5 nitrogen and oxygen atoms in total. The van der Waals surface area contributed by atoms with E-state index in [0.29, 0.717) is 10.8 Å². The number of anilines is 1. The van der Waals surface area contributed by atoms with E-state index < -0.39 is 0 Å². The molecule has 0 saturated carbocycles. The van der Waals surface area contributed by atoms with Gasteiger partial charge in [-0.25, -0.2) is 0 Å². The zero-order valence-electron chi connectivity index (χ0n) is 9.01. The monoisotopic (exact) mass is 248 g/mol. The Bertz CT molecular complexity index is 701. The number of benzene rings is 1. The molecule has 2 aromatic heterocycles. The van der Waals surface area contributed by atoms with Gasteiger partial charge in [0.1, 0.15) is 5.69 Å². The van der Waals surface area contributed by atoms with Crippen LogP contribution in [-0.2, 0) is 7.05 Å². The summed E-state index contributed by atoms with van der Waals surface area (Å²) in [5, 5.41) is 9.43. The lowest BCUT2D eigenvalue weighted by Gasteiger charge is -2.00. The molecule has 0 spiro atoms. The minimum absolute atomic E-state index is 0.283. The number of hydrogen-bond acceptors (Lipinski definition) is 4. The maximum atomic E-state index is 6.04. The van der Waals surface area contributed by atoms with Gasteiger partial charge in [-0.15, -0.1) is 0 Å². The first-order valence-electron chi connectivity index (χ1n) is 5.00. The van der Waals surface area contributed by atoms with E-state index in [1.54, 1.807) is 10.7 Å². The molecule has 3 rings (SSSR count). The zero-order chi connectivity index (χ0) is 12.0. The first kappa shape index (κ1) is 10.2. The summed E-state index contributed by atoms with van der Waals surface area (Å²) < 4.78 is 6.60. The van der Waals surface area contributed by atoms with E-state index in [9.17, 15) is 0 Å². The van der Waals surface area contributed by atoms with Crippen molar-refractivity contribution in [3.8, 4) is 11.3 Å². The number of halogens is 1. The van der Waals surface area contributed by atoms with Gasteiger partial charge in [-0.1, -0.05) is 28.9 Å². The maximum absolute atomic E-state index is 6.04. The maximum Gasteiger partial charge on any atom is 0.222 e. The summed E-state index contributed by atoms with van der Waals surface area (Å²) in [5.41, 5.74) is 8.00. The van der Waals surface area contributed by atoms with Gasteiger partial charge in [0.25, 0.3) is 0 Å². The number of fused-ring (bicyclic) bond motifs is 1. The van der Waals surface area contributed by atoms with Crippen LogP contribution in [0.1, 0.15) is 0 Å². The molecule has 2 heterocycles. The third kappa shape index (κ3) is 1.47. The van der Waals surface area contributed by atoms with E-state index in [0.717, 1.165) is 16.5 Å². The van der Waals surface area contributed by atoms with Crippen molar-refractivity contribution in [1.82, 2.24) is 14.9 Å². The lowest BCUT2D eigenvalue weighted by Crippen LogP contribution is -1.91. The van der Waals surface area contributed by atoms with Crippen molar-refractivity contribution in [2.75, 3.05) is 5.73 Å². The smallest absolute Gasteiger partial charge is 0.222 e. The molecule has 0 amide bonds. The third-order valence-electron chi connectivity index (χ3n) is 2.62. The van der Waals surface area contributed by atoms with Gasteiger partial charge in [-0.05, 0) is 6.07 Å². The number of rotatable bonds is 1. The Labute approximate surface area is 102 Å². The SMILES string of the molecule is Cn1nc(Cl)c2cccc(-c3cc(N)on3)c21. The average Bonchev–Trinajstić information content (AvgIpc) is 2.85. The Kier molecular flexibility index (Phi) is 2.09. The first-order chi connectivity index (χ1) is 8.16. The van der Waals surface area contributed by atoms with Crippen LogP contribution in [0, 0.1) is 0 Å². The Morgan fingerprint density at radius 2 is 2.24 bits per heavy atom. The van der Waals surface area contributed by atoms with Crippen molar-refractivity contribution < 1.29 is 4.52 Å². The van der Waals surface area contributed by atoms with Crippen LogP contribution in [0.3, 0.4) is 0 Å². The molecule has 0 saturated heterocycles. The molecular formula is C11H9ClN4O. The van der Waals surface area contributed by atoms with Crippen molar-refractivity contribution in [3.63, 3.8) is 0 Å². The summed E-state index contributed by atoms with van der Waals surface area (Å²) in [6.45, 7) is 0.